The molecule has 0 spiro atoms. The first kappa shape index (κ1) is 19.0. The van der Waals surface area contributed by atoms with Gasteiger partial charge in [-0.15, -0.1) is 0 Å². The van der Waals surface area contributed by atoms with Gasteiger partial charge in [0, 0.05) is 23.8 Å². The highest BCUT2D eigenvalue weighted by molar-refractivity contribution is 6.31. The van der Waals surface area contributed by atoms with Crippen LogP contribution in [0.3, 0.4) is 0 Å². The van der Waals surface area contributed by atoms with E-state index < -0.39 is 36.4 Å². The van der Waals surface area contributed by atoms with E-state index in [9.17, 15) is 27.6 Å². The van der Waals surface area contributed by atoms with Crippen LogP contribution in [0.2, 0.25) is 5.02 Å². The minimum absolute atomic E-state index is 0.105. The molecular weight excluding hydrogens is 363 g/mol. The summed E-state index contributed by atoms with van der Waals surface area (Å²) < 4.78 is 38.0. The molecule has 3 amide bonds. The summed E-state index contributed by atoms with van der Waals surface area (Å²) in [7, 11) is 0. The number of anilines is 1. The van der Waals surface area contributed by atoms with Gasteiger partial charge >= 0.3 is 12.1 Å². The Balaban J connectivity index is 2.14. The molecule has 2 N–H and O–H groups in total. The van der Waals surface area contributed by atoms with E-state index in [0.717, 1.165) is 0 Å². The maximum Gasteiger partial charge on any atom is 0.471 e. The van der Waals surface area contributed by atoms with Crippen molar-refractivity contribution in [3.05, 3.63) is 28.8 Å². The fraction of sp³-hybridized carbons (Fsp3) is 0.400. The van der Waals surface area contributed by atoms with Gasteiger partial charge in [-0.25, -0.2) is 0 Å². The standard InChI is InChI=1S/C15H15ClF3N3O3/c1-8-9(16)3-2-4-10(8)21-12(23)7-11-13(24)20-5-6-22(11)14(25)15(17,18)19/h2-4,11H,5-7H2,1H3,(H,20,24)(H,21,23). The number of nitrogens with one attached hydrogen (secondary N) is 2. The minimum Gasteiger partial charge on any atom is -0.353 e. The zero-order valence-electron chi connectivity index (χ0n) is 13.1. The summed E-state index contributed by atoms with van der Waals surface area (Å²) >= 11 is 5.93. The average Bonchev–Trinajstić information content (AvgIpc) is 2.52. The molecule has 0 aliphatic carbocycles. The van der Waals surface area contributed by atoms with Crippen LogP contribution in [0, 0.1) is 6.92 Å². The highest BCUT2D eigenvalue weighted by Gasteiger charge is 2.47. The third kappa shape index (κ3) is 4.41. The van der Waals surface area contributed by atoms with Gasteiger partial charge in [0.05, 0.1) is 6.42 Å². The second-order valence-electron chi connectivity index (χ2n) is 5.47. The van der Waals surface area contributed by atoms with E-state index >= 15 is 0 Å². The Hall–Kier alpha value is -2.29. The molecule has 136 valence electrons. The third-order valence-corrected chi connectivity index (χ3v) is 4.16. The highest BCUT2D eigenvalue weighted by Crippen LogP contribution is 2.25. The molecule has 1 aliphatic heterocycles. The van der Waals surface area contributed by atoms with Crippen LogP contribution >= 0.6 is 11.6 Å². The fourth-order valence-corrected chi connectivity index (χ4v) is 2.62. The molecule has 0 bridgehead atoms. The lowest BCUT2D eigenvalue weighted by atomic mass is 10.1. The van der Waals surface area contributed by atoms with Crippen molar-refractivity contribution in [3.63, 3.8) is 0 Å². The SMILES string of the molecule is Cc1c(Cl)cccc1NC(=O)CC1C(=O)NCCN1C(=O)C(F)(F)F. The Kier molecular flexibility index (Phi) is 5.56. The van der Waals surface area contributed by atoms with Crippen LogP contribution < -0.4 is 10.6 Å². The van der Waals surface area contributed by atoms with Gasteiger partial charge < -0.3 is 15.5 Å². The van der Waals surface area contributed by atoms with Gasteiger partial charge in [0.1, 0.15) is 6.04 Å². The fourth-order valence-electron chi connectivity index (χ4n) is 2.44. The highest BCUT2D eigenvalue weighted by atomic mass is 35.5. The first-order chi connectivity index (χ1) is 11.6. The lowest BCUT2D eigenvalue weighted by Gasteiger charge is -2.35. The normalized spacial score (nSPS) is 17.9. The number of rotatable bonds is 3. The van der Waals surface area contributed by atoms with Gasteiger partial charge in [-0.3, -0.25) is 14.4 Å². The van der Waals surface area contributed by atoms with E-state index in [1.807, 2.05) is 0 Å². The molecule has 1 aromatic carbocycles. The summed E-state index contributed by atoms with van der Waals surface area (Å²) in [6.45, 7) is 1.23. The van der Waals surface area contributed by atoms with Gasteiger partial charge in [0.15, 0.2) is 0 Å². The summed E-state index contributed by atoms with van der Waals surface area (Å²) in [5, 5.41) is 5.26. The topological polar surface area (TPSA) is 78.5 Å². The van der Waals surface area contributed by atoms with E-state index in [4.69, 9.17) is 11.6 Å². The maximum atomic E-state index is 12.7. The van der Waals surface area contributed by atoms with Crippen LogP contribution in [0.15, 0.2) is 18.2 Å². The van der Waals surface area contributed by atoms with Crippen molar-refractivity contribution in [1.29, 1.82) is 0 Å². The predicted molar refractivity (Wildman–Crippen MR) is 84.0 cm³/mol. The maximum absolute atomic E-state index is 12.7. The molecule has 1 aromatic rings. The minimum atomic E-state index is -5.12. The van der Waals surface area contributed by atoms with Crippen LogP contribution in [0.1, 0.15) is 12.0 Å². The summed E-state index contributed by atoms with van der Waals surface area (Å²) in [5.74, 6) is -3.65. The Labute approximate surface area is 146 Å². The summed E-state index contributed by atoms with van der Waals surface area (Å²) in [4.78, 5) is 35.9. The van der Waals surface area contributed by atoms with E-state index in [1.54, 1.807) is 25.1 Å². The number of hydrogen-bond acceptors (Lipinski definition) is 3. The molecule has 0 radical (unpaired) electrons. The van der Waals surface area contributed by atoms with Gasteiger partial charge in [0.25, 0.3) is 0 Å². The number of piperazine rings is 1. The predicted octanol–water partition coefficient (Wildman–Crippen LogP) is 1.87. The molecular formula is C15H15ClF3N3O3. The van der Waals surface area contributed by atoms with E-state index in [-0.39, 0.29) is 13.1 Å². The van der Waals surface area contributed by atoms with Crippen LogP contribution in [0.5, 0.6) is 0 Å². The molecule has 1 saturated heterocycles. The number of benzene rings is 1. The summed E-state index contributed by atoms with van der Waals surface area (Å²) in [6.07, 6.45) is -5.71. The van der Waals surface area contributed by atoms with Crippen LogP contribution in [-0.2, 0) is 14.4 Å². The van der Waals surface area contributed by atoms with Crippen molar-refractivity contribution in [2.45, 2.75) is 25.6 Å². The Morgan fingerprint density at radius 2 is 2.08 bits per heavy atom. The van der Waals surface area contributed by atoms with E-state index in [0.29, 0.717) is 21.2 Å². The van der Waals surface area contributed by atoms with Gasteiger partial charge in [-0.05, 0) is 24.6 Å². The van der Waals surface area contributed by atoms with Crippen molar-refractivity contribution in [2.75, 3.05) is 18.4 Å². The number of nitrogens with zero attached hydrogens (tertiary/aromatic N) is 1. The van der Waals surface area contributed by atoms with E-state index in [2.05, 4.69) is 10.6 Å². The van der Waals surface area contributed by atoms with Crippen LogP contribution in [-0.4, -0.2) is 47.9 Å². The zero-order chi connectivity index (χ0) is 18.8. The number of carbonyl (C=O) groups is 3. The number of carbonyl (C=O) groups excluding carboxylic acids is 3. The van der Waals surface area contributed by atoms with E-state index in [1.165, 1.54) is 0 Å². The van der Waals surface area contributed by atoms with Crippen molar-refractivity contribution in [1.82, 2.24) is 10.2 Å². The Bertz CT molecular complexity index is 709. The van der Waals surface area contributed by atoms with Crippen molar-refractivity contribution in [3.8, 4) is 0 Å². The molecule has 0 saturated carbocycles. The molecule has 1 atom stereocenters. The monoisotopic (exact) mass is 377 g/mol. The summed E-state index contributed by atoms with van der Waals surface area (Å²) in [5.41, 5.74) is 0.955. The van der Waals surface area contributed by atoms with Crippen molar-refractivity contribution >= 4 is 35.0 Å². The molecule has 1 heterocycles. The smallest absolute Gasteiger partial charge is 0.353 e. The molecule has 1 unspecified atom stereocenters. The zero-order valence-corrected chi connectivity index (χ0v) is 13.9. The molecule has 1 aliphatic rings. The number of alkyl halides is 3. The molecule has 10 heteroatoms. The molecule has 6 nitrogen and oxygen atoms in total. The number of halogens is 4. The van der Waals surface area contributed by atoms with Crippen molar-refractivity contribution < 1.29 is 27.6 Å². The lowest BCUT2D eigenvalue weighted by Crippen LogP contribution is -2.60. The molecule has 2 rings (SSSR count). The van der Waals surface area contributed by atoms with Gasteiger partial charge in [-0.1, -0.05) is 17.7 Å². The van der Waals surface area contributed by atoms with Gasteiger partial charge in [-0.2, -0.15) is 13.2 Å². The molecule has 0 aromatic heterocycles. The second kappa shape index (κ2) is 7.30. The molecule has 1 fully saturated rings. The Morgan fingerprint density at radius 1 is 1.40 bits per heavy atom. The molecule has 25 heavy (non-hydrogen) atoms. The largest absolute Gasteiger partial charge is 0.471 e. The Morgan fingerprint density at radius 3 is 2.72 bits per heavy atom. The first-order valence-corrected chi connectivity index (χ1v) is 7.69. The average molecular weight is 378 g/mol. The number of amides is 3. The van der Waals surface area contributed by atoms with Crippen LogP contribution in [0.4, 0.5) is 18.9 Å². The van der Waals surface area contributed by atoms with Gasteiger partial charge in [0.2, 0.25) is 11.8 Å². The first-order valence-electron chi connectivity index (χ1n) is 7.31. The number of hydrogen-bond donors (Lipinski definition) is 2. The summed E-state index contributed by atoms with van der Waals surface area (Å²) in [6, 6.07) is 3.25. The van der Waals surface area contributed by atoms with Crippen LogP contribution in [0.25, 0.3) is 0 Å². The quantitative estimate of drug-likeness (QED) is 0.844. The third-order valence-electron chi connectivity index (χ3n) is 3.75. The second-order valence-corrected chi connectivity index (χ2v) is 5.88. The lowest BCUT2D eigenvalue weighted by molar-refractivity contribution is -0.189. The van der Waals surface area contributed by atoms with Crippen molar-refractivity contribution in [2.24, 2.45) is 0 Å².